The van der Waals surface area contributed by atoms with E-state index < -0.39 is 8.32 Å². The molecule has 0 spiro atoms. The number of rotatable bonds is 7. The monoisotopic (exact) mass is 295 g/mol. The minimum atomic E-state index is -1.65. The van der Waals surface area contributed by atoms with Crippen LogP contribution in [0.1, 0.15) is 26.3 Å². The first-order valence-corrected chi connectivity index (χ1v) is 10.3. The van der Waals surface area contributed by atoms with E-state index in [1.54, 1.807) is 0 Å². The molecule has 1 rings (SSSR count). The summed E-state index contributed by atoms with van der Waals surface area (Å²) in [7, 11) is -1.65. The van der Waals surface area contributed by atoms with Crippen molar-refractivity contribution in [3.05, 3.63) is 29.8 Å². The van der Waals surface area contributed by atoms with Gasteiger partial charge in [0.1, 0.15) is 0 Å². The van der Waals surface area contributed by atoms with Crippen molar-refractivity contribution in [2.24, 2.45) is 0 Å². The fourth-order valence-corrected chi connectivity index (χ4v) is 2.78. The highest BCUT2D eigenvalue weighted by molar-refractivity contribution is 6.74. The second kappa shape index (κ2) is 7.25. The molecule has 0 bridgehead atoms. The Balaban J connectivity index is 2.46. The number of aliphatic hydroxyl groups excluding tert-OH is 1. The van der Waals surface area contributed by atoms with Crippen molar-refractivity contribution in [1.82, 2.24) is 0 Å². The molecule has 1 aromatic carbocycles. The van der Waals surface area contributed by atoms with Crippen LogP contribution < -0.4 is 5.32 Å². The zero-order valence-corrected chi connectivity index (χ0v) is 14.5. The van der Waals surface area contributed by atoms with Gasteiger partial charge in [0.2, 0.25) is 0 Å². The first-order valence-electron chi connectivity index (χ1n) is 7.34. The molecule has 114 valence electrons. The fourth-order valence-electron chi connectivity index (χ4n) is 1.74. The van der Waals surface area contributed by atoms with Gasteiger partial charge in [-0.25, -0.2) is 0 Å². The van der Waals surface area contributed by atoms with Crippen LogP contribution in [0.3, 0.4) is 0 Å². The summed E-state index contributed by atoms with van der Waals surface area (Å²) in [5, 5.41) is 12.7. The van der Waals surface area contributed by atoms with Crippen LogP contribution in [-0.2, 0) is 10.8 Å². The molecule has 0 aliphatic rings. The smallest absolute Gasteiger partial charge is 0.192 e. The predicted octanol–water partition coefficient (Wildman–Crippen LogP) is 3.66. The molecule has 0 heterocycles. The molecule has 0 fully saturated rings. The van der Waals surface area contributed by atoms with Gasteiger partial charge in [-0.15, -0.1) is 0 Å². The standard InChI is InChI=1S/C16H29NO2Si/c1-16(2,3)20(4,5)19-13-11-17-15-9-7-6-8-14(15)10-12-18/h6-9,17-18H,10-13H2,1-5H3. The van der Waals surface area contributed by atoms with Crippen molar-refractivity contribution < 1.29 is 9.53 Å². The Kier molecular flexibility index (Phi) is 6.24. The number of para-hydroxylation sites is 1. The lowest BCUT2D eigenvalue weighted by molar-refractivity contribution is 0.299. The van der Waals surface area contributed by atoms with E-state index in [1.807, 2.05) is 18.2 Å². The van der Waals surface area contributed by atoms with Gasteiger partial charge in [0, 0.05) is 18.8 Å². The summed E-state index contributed by atoms with van der Waals surface area (Å²) in [6.45, 7) is 13.0. The van der Waals surface area contributed by atoms with Crippen LogP contribution in [0.4, 0.5) is 5.69 Å². The molecular weight excluding hydrogens is 266 g/mol. The lowest BCUT2D eigenvalue weighted by Gasteiger charge is -2.36. The number of nitrogens with one attached hydrogen (secondary N) is 1. The number of aliphatic hydroxyl groups is 1. The highest BCUT2D eigenvalue weighted by Gasteiger charge is 2.36. The Morgan fingerprint density at radius 2 is 1.85 bits per heavy atom. The van der Waals surface area contributed by atoms with Gasteiger partial charge in [0.25, 0.3) is 0 Å². The maximum atomic E-state index is 9.07. The van der Waals surface area contributed by atoms with E-state index in [2.05, 4.69) is 45.2 Å². The predicted molar refractivity (Wildman–Crippen MR) is 88.9 cm³/mol. The van der Waals surface area contributed by atoms with Gasteiger partial charge in [-0.1, -0.05) is 39.0 Å². The average molecular weight is 295 g/mol. The topological polar surface area (TPSA) is 41.5 Å². The summed E-state index contributed by atoms with van der Waals surface area (Å²) in [6.07, 6.45) is 0.687. The molecule has 0 radical (unpaired) electrons. The number of benzene rings is 1. The Morgan fingerprint density at radius 3 is 2.45 bits per heavy atom. The van der Waals surface area contributed by atoms with Crippen molar-refractivity contribution in [2.75, 3.05) is 25.1 Å². The van der Waals surface area contributed by atoms with Gasteiger partial charge in [-0.05, 0) is 36.2 Å². The maximum Gasteiger partial charge on any atom is 0.192 e. The number of anilines is 1. The van der Waals surface area contributed by atoms with Gasteiger partial charge in [-0.2, -0.15) is 0 Å². The first-order chi connectivity index (χ1) is 9.28. The van der Waals surface area contributed by atoms with Crippen LogP contribution in [0.2, 0.25) is 18.1 Å². The van der Waals surface area contributed by atoms with Crippen molar-refractivity contribution in [3.8, 4) is 0 Å². The van der Waals surface area contributed by atoms with E-state index in [9.17, 15) is 0 Å². The number of hydrogen-bond donors (Lipinski definition) is 2. The zero-order valence-electron chi connectivity index (χ0n) is 13.5. The van der Waals surface area contributed by atoms with E-state index in [4.69, 9.17) is 9.53 Å². The SMILES string of the molecule is CC(C)(C)[Si](C)(C)OCCNc1ccccc1CCO. The van der Waals surface area contributed by atoms with E-state index in [0.29, 0.717) is 6.42 Å². The zero-order chi connectivity index (χ0) is 15.2. The van der Waals surface area contributed by atoms with Crippen molar-refractivity contribution in [2.45, 2.75) is 45.3 Å². The van der Waals surface area contributed by atoms with Crippen LogP contribution >= 0.6 is 0 Å². The van der Waals surface area contributed by atoms with E-state index in [-0.39, 0.29) is 11.6 Å². The summed E-state index contributed by atoms with van der Waals surface area (Å²) in [4.78, 5) is 0. The third kappa shape index (κ3) is 4.92. The minimum Gasteiger partial charge on any atom is -0.415 e. The molecule has 0 saturated heterocycles. The van der Waals surface area contributed by atoms with Gasteiger partial charge in [0.15, 0.2) is 8.32 Å². The normalized spacial score (nSPS) is 12.5. The second-order valence-electron chi connectivity index (χ2n) is 6.67. The Bertz CT molecular complexity index is 413. The number of hydrogen-bond acceptors (Lipinski definition) is 3. The molecule has 3 nitrogen and oxygen atoms in total. The molecule has 0 aliphatic carbocycles. The molecular formula is C16H29NO2Si. The molecule has 20 heavy (non-hydrogen) atoms. The van der Waals surface area contributed by atoms with Crippen molar-refractivity contribution >= 4 is 14.0 Å². The van der Waals surface area contributed by atoms with Crippen molar-refractivity contribution in [1.29, 1.82) is 0 Å². The van der Waals surface area contributed by atoms with E-state index >= 15 is 0 Å². The molecule has 0 saturated carbocycles. The van der Waals surface area contributed by atoms with Gasteiger partial charge in [0.05, 0.1) is 6.61 Å². The average Bonchev–Trinajstić information content (AvgIpc) is 2.35. The summed E-state index contributed by atoms with van der Waals surface area (Å²) in [6, 6.07) is 8.12. The minimum absolute atomic E-state index is 0.180. The van der Waals surface area contributed by atoms with Crippen LogP contribution in [0.15, 0.2) is 24.3 Å². The van der Waals surface area contributed by atoms with E-state index in [1.165, 1.54) is 0 Å². The molecule has 0 unspecified atom stereocenters. The summed E-state index contributed by atoms with van der Waals surface area (Å²) in [5.41, 5.74) is 2.25. The lowest BCUT2D eigenvalue weighted by Crippen LogP contribution is -2.41. The Hall–Kier alpha value is -0.843. The third-order valence-electron chi connectivity index (χ3n) is 4.09. The second-order valence-corrected chi connectivity index (χ2v) is 11.5. The highest BCUT2D eigenvalue weighted by Crippen LogP contribution is 2.36. The molecule has 0 atom stereocenters. The van der Waals surface area contributed by atoms with Crippen LogP contribution in [-0.4, -0.2) is 33.2 Å². The maximum absolute atomic E-state index is 9.07. The summed E-state index contributed by atoms with van der Waals surface area (Å²) in [5.74, 6) is 0. The van der Waals surface area contributed by atoms with Crippen LogP contribution in [0.5, 0.6) is 0 Å². The third-order valence-corrected chi connectivity index (χ3v) is 8.62. The first kappa shape index (κ1) is 17.2. The molecule has 0 amide bonds. The van der Waals surface area contributed by atoms with Gasteiger partial charge in [-0.3, -0.25) is 0 Å². The summed E-state index contributed by atoms with van der Waals surface area (Å²) < 4.78 is 6.14. The largest absolute Gasteiger partial charge is 0.415 e. The molecule has 0 aliphatic heterocycles. The molecule has 2 N–H and O–H groups in total. The Labute approximate surface area is 124 Å². The molecule has 0 aromatic heterocycles. The van der Waals surface area contributed by atoms with Gasteiger partial charge < -0.3 is 14.8 Å². The van der Waals surface area contributed by atoms with E-state index in [0.717, 1.165) is 24.4 Å². The Morgan fingerprint density at radius 1 is 1.20 bits per heavy atom. The fraction of sp³-hybridized carbons (Fsp3) is 0.625. The van der Waals surface area contributed by atoms with Gasteiger partial charge >= 0.3 is 0 Å². The molecule has 4 heteroatoms. The van der Waals surface area contributed by atoms with Crippen LogP contribution in [0, 0.1) is 0 Å². The highest BCUT2D eigenvalue weighted by atomic mass is 28.4. The summed E-state index contributed by atoms with van der Waals surface area (Å²) >= 11 is 0. The lowest BCUT2D eigenvalue weighted by atomic mass is 10.1. The quantitative estimate of drug-likeness (QED) is 0.596. The molecule has 1 aromatic rings. The van der Waals surface area contributed by atoms with Crippen molar-refractivity contribution in [3.63, 3.8) is 0 Å². The van der Waals surface area contributed by atoms with Crippen LogP contribution in [0.25, 0.3) is 0 Å².